The van der Waals surface area contributed by atoms with Crippen molar-refractivity contribution in [3.8, 4) is 0 Å². The standard InChI is InChI=1S/C12H21N3OS2/c1-4-15(5-2)7-6-13-11(16)8-10-9(3)14-12(17)18-10/h4-8H2,1-3H3,(H,13,16)(H,14,17). The van der Waals surface area contributed by atoms with Gasteiger partial charge in [-0.05, 0) is 32.2 Å². The van der Waals surface area contributed by atoms with Crippen LogP contribution in [-0.2, 0) is 11.2 Å². The fourth-order valence-corrected chi connectivity index (χ4v) is 3.00. The Labute approximate surface area is 117 Å². The maximum Gasteiger partial charge on any atom is 0.225 e. The Kier molecular flexibility index (Phi) is 6.52. The number of hydrogen-bond donors (Lipinski definition) is 2. The van der Waals surface area contributed by atoms with Crippen LogP contribution in [0.25, 0.3) is 0 Å². The van der Waals surface area contributed by atoms with Crippen molar-refractivity contribution < 1.29 is 4.79 Å². The fourth-order valence-electron chi connectivity index (χ4n) is 1.71. The van der Waals surface area contributed by atoms with Gasteiger partial charge in [0.1, 0.15) is 0 Å². The number of aromatic nitrogens is 1. The molecule has 2 N–H and O–H groups in total. The molecule has 0 saturated carbocycles. The van der Waals surface area contributed by atoms with Crippen LogP contribution in [0.2, 0.25) is 0 Å². The minimum absolute atomic E-state index is 0.0653. The van der Waals surface area contributed by atoms with E-state index >= 15 is 0 Å². The monoisotopic (exact) mass is 287 g/mol. The van der Waals surface area contributed by atoms with Gasteiger partial charge in [-0.2, -0.15) is 0 Å². The fraction of sp³-hybridized carbons (Fsp3) is 0.667. The lowest BCUT2D eigenvalue weighted by atomic mass is 10.3. The molecule has 1 amide bonds. The molecule has 0 aliphatic heterocycles. The first-order chi connectivity index (χ1) is 8.56. The van der Waals surface area contributed by atoms with Gasteiger partial charge in [-0.15, -0.1) is 11.3 Å². The molecule has 1 aromatic heterocycles. The zero-order valence-corrected chi connectivity index (χ0v) is 12.8. The highest BCUT2D eigenvalue weighted by Crippen LogP contribution is 2.14. The third kappa shape index (κ3) is 4.88. The van der Waals surface area contributed by atoms with E-state index in [4.69, 9.17) is 12.2 Å². The van der Waals surface area contributed by atoms with Gasteiger partial charge < -0.3 is 15.2 Å². The van der Waals surface area contributed by atoms with E-state index in [1.165, 1.54) is 11.3 Å². The number of H-pyrrole nitrogens is 1. The van der Waals surface area contributed by atoms with Crippen LogP contribution in [0.5, 0.6) is 0 Å². The van der Waals surface area contributed by atoms with Crippen LogP contribution in [0.3, 0.4) is 0 Å². The molecule has 0 spiro atoms. The van der Waals surface area contributed by atoms with Gasteiger partial charge in [0.15, 0.2) is 3.95 Å². The van der Waals surface area contributed by atoms with Crippen molar-refractivity contribution in [2.45, 2.75) is 27.2 Å². The molecule has 0 aromatic carbocycles. The summed E-state index contributed by atoms with van der Waals surface area (Å²) < 4.78 is 0.735. The third-order valence-electron chi connectivity index (χ3n) is 2.89. The molecule has 0 atom stereocenters. The number of nitrogens with one attached hydrogen (secondary N) is 2. The highest BCUT2D eigenvalue weighted by molar-refractivity contribution is 7.73. The Hall–Kier alpha value is -0.720. The Morgan fingerprint density at radius 3 is 2.61 bits per heavy atom. The maximum atomic E-state index is 11.8. The lowest BCUT2D eigenvalue weighted by Crippen LogP contribution is -2.35. The van der Waals surface area contributed by atoms with Crippen molar-refractivity contribution in [2.24, 2.45) is 0 Å². The largest absolute Gasteiger partial charge is 0.355 e. The van der Waals surface area contributed by atoms with E-state index in [-0.39, 0.29) is 5.91 Å². The van der Waals surface area contributed by atoms with Crippen LogP contribution >= 0.6 is 23.6 Å². The molecule has 102 valence electrons. The maximum absolute atomic E-state index is 11.8. The first-order valence-corrected chi connectivity index (χ1v) is 7.46. The van der Waals surface area contributed by atoms with E-state index in [9.17, 15) is 4.79 Å². The van der Waals surface area contributed by atoms with Crippen LogP contribution in [0, 0.1) is 10.9 Å². The van der Waals surface area contributed by atoms with E-state index in [0.29, 0.717) is 13.0 Å². The van der Waals surface area contributed by atoms with Gasteiger partial charge in [0.05, 0.1) is 6.42 Å². The van der Waals surface area contributed by atoms with Gasteiger partial charge in [0.2, 0.25) is 5.91 Å². The number of aryl methyl sites for hydroxylation is 1. The Morgan fingerprint density at radius 2 is 2.11 bits per heavy atom. The second kappa shape index (κ2) is 7.66. The topological polar surface area (TPSA) is 48.1 Å². The van der Waals surface area contributed by atoms with Crippen molar-refractivity contribution >= 4 is 29.5 Å². The van der Waals surface area contributed by atoms with Crippen molar-refractivity contribution in [1.29, 1.82) is 0 Å². The first-order valence-electron chi connectivity index (χ1n) is 6.24. The number of amides is 1. The third-order valence-corrected chi connectivity index (χ3v) is 4.23. The number of nitrogens with zero attached hydrogens (tertiary/aromatic N) is 1. The van der Waals surface area contributed by atoms with Gasteiger partial charge in [-0.25, -0.2) is 0 Å². The Bertz CT molecular complexity index is 435. The molecule has 1 heterocycles. The molecule has 18 heavy (non-hydrogen) atoms. The second-order valence-corrected chi connectivity index (χ2v) is 5.89. The summed E-state index contributed by atoms with van der Waals surface area (Å²) in [7, 11) is 0. The molecule has 0 radical (unpaired) electrons. The molecule has 0 fully saturated rings. The van der Waals surface area contributed by atoms with E-state index in [1.807, 2.05) is 6.92 Å². The van der Waals surface area contributed by atoms with Crippen molar-refractivity contribution in [3.63, 3.8) is 0 Å². The summed E-state index contributed by atoms with van der Waals surface area (Å²) in [5.41, 5.74) is 1.00. The summed E-state index contributed by atoms with van der Waals surface area (Å²) in [6.45, 7) is 9.85. The van der Waals surface area contributed by atoms with Crippen LogP contribution in [0.4, 0.5) is 0 Å². The van der Waals surface area contributed by atoms with Crippen LogP contribution in [0.1, 0.15) is 24.4 Å². The summed E-state index contributed by atoms with van der Waals surface area (Å²) >= 11 is 6.53. The highest BCUT2D eigenvalue weighted by atomic mass is 32.1. The van der Waals surface area contributed by atoms with Crippen LogP contribution in [0.15, 0.2) is 0 Å². The number of carbonyl (C=O) groups is 1. The summed E-state index contributed by atoms with van der Waals surface area (Å²) in [6, 6.07) is 0. The molecule has 0 aliphatic carbocycles. The zero-order chi connectivity index (χ0) is 13.5. The van der Waals surface area contributed by atoms with Crippen molar-refractivity contribution in [1.82, 2.24) is 15.2 Å². The molecule has 0 unspecified atom stereocenters. The molecular formula is C12H21N3OS2. The lowest BCUT2D eigenvalue weighted by Gasteiger charge is -2.17. The molecule has 0 aliphatic rings. The number of aromatic amines is 1. The predicted octanol–water partition coefficient (Wildman–Crippen LogP) is 2.11. The molecule has 4 nitrogen and oxygen atoms in total. The van der Waals surface area contributed by atoms with E-state index in [2.05, 4.69) is 29.0 Å². The number of hydrogen-bond acceptors (Lipinski definition) is 4. The summed E-state index contributed by atoms with van der Waals surface area (Å²) in [5.74, 6) is 0.0653. The van der Waals surface area contributed by atoms with Crippen molar-refractivity contribution in [3.05, 3.63) is 14.5 Å². The second-order valence-electron chi connectivity index (χ2n) is 4.12. The molecule has 1 aromatic rings. The quantitative estimate of drug-likeness (QED) is 0.755. The molecule has 1 rings (SSSR count). The lowest BCUT2D eigenvalue weighted by molar-refractivity contribution is -0.120. The van der Waals surface area contributed by atoms with Gasteiger partial charge in [-0.3, -0.25) is 4.79 Å². The van der Waals surface area contributed by atoms with Gasteiger partial charge in [-0.1, -0.05) is 13.8 Å². The SMILES string of the molecule is CCN(CC)CCNC(=O)Cc1sc(=S)[nH]c1C. The van der Waals surface area contributed by atoms with E-state index < -0.39 is 0 Å². The number of thiazole rings is 1. The smallest absolute Gasteiger partial charge is 0.225 e. The first kappa shape index (κ1) is 15.3. The molecular weight excluding hydrogens is 266 g/mol. The van der Waals surface area contributed by atoms with Crippen LogP contribution in [-0.4, -0.2) is 42.0 Å². The normalized spacial score (nSPS) is 10.9. The van der Waals surface area contributed by atoms with E-state index in [0.717, 1.165) is 34.2 Å². The zero-order valence-electron chi connectivity index (χ0n) is 11.2. The van der Waals surface area contributed by atoms with Gasteiger partial charge >= 0.3 is 0 Å². The average molecular weight is 287 g/mol. The summed E-state index contributed by atoms with van der Waals surface area (Å²) in [6.07, 6.45) is 0.419. The number of rotatable bonds is 7. The number of carbonyl (C=O) groups excluding carboxylic acids is 1. The average Bonchev–Trinajstić information content (AvgIpc) is 2.63. The molecule has 0 saturated heterocycles. The number of likely N-dealkylation sites (N-methyl/N-ethyl adjacent to an activating group) is 1. The summed E-state index contributed by atoms with van der Waals surface area (Å²) in [5, 5.41) is 2.94. The Balaban J connectivity index is 2.34. The van der Waals surface area contributed by atoms with E-state index in [1.54, 1.807) is 0 Å². The van der Waals surface area contributed by atoms with Crippen LogP contribution < -0.4 is 5.32 Å². The predicted molar refractivity (Wildman–Crippen MR) is 78.7 cm³/mol. The van der Waals surface area contributed by atoms with Gasteiger partial charge in [0, 0.05) is 23.7 Å². The molecule has 0 bridgehead atoms. The minimum Gasteiger partial charge on any atom is -0.355 e. The highest BCUT2D eigenvalue weighted by Gasteiger charge is 2.08. The molecule has 6 heteroatoms. The Morgan fingerprint density at radius 1 is 1.44 bits per heavy atom. The van der Waals surface area contributed by atoms with Crippen molar-refractivity contribution in [2.75, 3.05) is 26.2 Å². The van der Waals surface area contributed by atoms with Gasteiger partial charge in [0.25, 0.3) is 0 Å². The summed E-state index contributed by atoms with van der Waals surface area (Å²) in [4.78, 5) is 18.1. The minimum atomic E-state index is 0.0653.